The summed E-state index contributed by atoms with van der Waals surface area (Å²) in [6.07, 6.45) is 1.10. The minimum absolute atomic E-state index is 0.605. The highest BCUT2D eigenvalue weighted by Crippen LogP contribution is 2.20. The van der Waals surface area contributed by atoms with Crippen molar-refractivity contribution in [3.63, 3.8) is 0 Å². The SMILES string of the molecule is CCc1ccccc1N(C)CC1CNCCN1C. The lowest BCUT2D eigenvalue weighted by atomic mass is 10.1. The van der Waals surface area contributed by atoms with Crippen LogP contribution >= 0.6 is 0 Å². The van der Waals surface area contributed by atoms with Crippen molar-refractivity contribution in [1.29, 1.82) is 0 Å². The third kappa shape index (κ3) is 3.03. The van der Waals surface area contributed by atoms with E-state index in [1.165, 1.54) is 11.3 Å². The van der Waals surface area contributed by atoms with Crippen LogP contribution in [0.15, 0.2) is 24.3 Å². The lowest BCUT2D eigenvalue weighted by Crippen LogP contribution is -2.53. The molecule has 1 saturated heterocycles. The number of rotatable bonds is 4. The van der Waals surface area contributed by atoms with Gasteiger partial charge in [-0.1, -0.05) is 25.1 Å². The number of nitrogens with one attached hydrogen (secondary N) is 1. The quantitative estimate of drug-likeness (QED) is 0.871. The summed E-state index contributed by atoms with van der Waals surface area (Å²) >= 11 is 0. The first-order valence-electron chi connectivity index (χ1n) is 6.92. The number of nitrogens with zero attached hydrogens (tertiary/aromatic N) is 2. The summed E-state index contributed by atoms with van der Waals surface area (Å²) in [4.78, 5) is 4.86. The summed E-state index contributed by atoms with van der Waals surface area (Å²) in [6, 6.07) is 9.33. The monoisotopic (exact) mass is 247 g/mol. The van der Waals surface area contributed by atoms with Crippen LogP contribution in [0.2, 0.25) is 0 Å². The van der Waals surface area contributed by atoms with Crippen molar-refractivity contribution in [3.05, 3.63) is 29.8 Å². The maximum atomic E-state index is 3.48. The second kappa shape index (κ2) is 6.21. The number of anilines is 1. The van der Waals surface area contributed by atoms with E-state index in [9.17, 15) is 0 Å². The molecule has 3 heteroatoms. The summed E-state index contributed by atoms with van der Waals surface area (Å²) in [5.41, 5.74) is 2.81. The van der Waals surface area contributed by atoms with Gasteiger partial charge in [-0.05, 0) is 25.1 Å². The van der Waals surface area contributed by atoms with Gasteiger partial charge < -0.3 is 10.2 Å². The predicted octanol–water partition coefficient (Wildman–Crippen LogP) is 1.59. The summed E-state index contributed by atoms with van der Waals surface area (Å²) < 4.78 is 0. The fourth-order valence-corrected chi connectivity index (χ4v) is 2.66. The Labute approximate surface area is 111 Å². The molecule has 18 heavy (non-hydrogen) atoms. The van der Waals surface area contributed by atoms with Crippen molar-refractivity contribution in [2.45, 2.75) is 19.4 Å². The smallest absolute Gasteiger partial charge is 0.0396 e. The number of para-hydroxylation sites is 1. The van der Waals surface area contributed by atoms with Gasteiger partial charge in [0.25, 0.3) is 0 Å². The molecule has 1 unspecified atom stereocenters. The van der Waals surface area contributed by atoms with E-state index in [0.717, 1.165) is 32.6 Å². The molecule has 0 aromatic heterocycles. The molecule has 0 radical (unpaired) electrons. The molecule has 0 saturated carbocycles. The van der Waals surface area contributed by atoms with Crippen LogP contribution in [0.3, 0.4) is 0 Å². The van der Waals surface area contributed by atoms with Gasteiger partial charge in [0.15, 0.2) is 0 Å². The van der Waals surface area contributed by atoms with E-state index in [0.29, 0.717) is 6.04 Å². The van der Waals surface area contributed by atoms with Crippen LogP contribution in [-0.4, -0.2) is 51.2 Å². The van der Waals surface area contributed by atoms with E-state index in [4.69, 9.17) is 0 Å². The third-order valence-corrected chi connectivity index (χ3v) is 3.91. The molecule has 0 aliphatic carbocycles. The second-order valence-corrected chi connectivity index (χ2v) is 5.20. The van der Waals surface area contributed by atoms with Crippen LogP contribution in [0, 0.1) is 0 Å². The van der Waals surface area contributed by atoms with Crippen molar-refractivity contribution in [2.75, 3.05) is 45.2 Å². The molecule has 1 fully saturated rings. The molecule has 1 aromatic rings. The fourth-order valence-electron chi connectivity index (χ4n) is 2.66. The zero-order valence-electron chi connectivity index (χ0n) is 11.8. The summed E-state index contributed by atoms with van der Waals surface area (Å²) in [6.45, 7) is 6.66. The standard InChI is InChI=1S/C15H25N3/c1-4-13-7-5-6-8-15(13)18(3)12-14-11-16-9-10-17(14)2/h5-8,14,16H,4,9-12H2,1-3H3. The number of benzene rings is 1. The van der Waals surface area contributed by atoms with E-state index in [1.54, 1.807) is 0 Å². The van der Waals surface area contributed by atoms with Crippen molar-refractivity contribution in [2.24, 2.45) is 0 Å². The molecule has 2 rings (SSSR count). The highest BCUT2D eigenvalue weighted by Gasteiger charge is 2.20. The van der Waals surface area contributed by atoms with Crippen molar-refractivity contribution in [1.82, 2.24) is 10.2 Å². The van der Waals surface area contributed by atoms with Gasteiger partial charge in [-0.25, -0.2) is 0 Å². The Hall–Kier alpha value is -1.06. The summed E-state index contributed by atoms with van der Waals surface area (Å²) in [7, 11) is 4.43. The van der Waals surface area contributed by atoms with E-state index in [2.05, 4.69) is 60.4 Å². The molecule has 1 atom stereocenters. The molecule has 100 valence electrons. The van der Waals surface area contributed by atoms with Gasteiger partial charge in [0.1, 0.15) is 0 Å². The van der Waals surface area contributed by atoms with Gasteiger partial charge in [-0.2, -0.15) is 0 Å². The number of hydrogen-bond donors (Lipinski definition) is 1. The molecular formula is C15H25N3. The van der Waals surface area contributed by atoms with Crippen LogP contribution < -0.4 is 10.2 Å². The predicted molar refractivity (Wildman–Crippen MR) is 78.4 cm³/mol. The van der Waals surface area contributed by atoms with E-state index in [1.807, 2.05) is 0 Å². The van der Waals surface area contributed by atoms with Gasteiger partial charge in [0.2, 0.25) is 0 Å². The highest BCUT2D eigenvalue weighted by atomic mass is 15.2. The Morgan fingerprint density at radius 3 is 2.89 bits per heavy atom. The first kappa shape index (κ1) is 13.4. The lowest BCUT2D eigenvalue weighted by Gasteiger charge is -2.36. The van der Waals surface area contributed by atoms with Gasteiger partial charge in [-0.15, -0.1) is 0 Å². The van der Waals surface area contributed by atoms with Gasteiger partial charge in [-0.3, -0.25) is 4.90 Å². The fraction of sp³-hybridized carbons (Fsp3) is 0.600. The zero-order chi connectivity index (χ0) is 13.0. The van der Waals surface area contributed by atoms with Crippen molar-refractivity contribution >= 4 is 5.69 Å². The van der Waals surface area contributed by atoms with Crippen LogP contribution in [0.5, 0.6) is 0 Å². The van der Waals surface area contributed by atoms with Crippen molar-refractivity contribution in [3.8, 4) is 0 Å². The molecule has 1 N–H and O–H groups in total. The normalized spacial score (nSPS) is 20.9. The van der Waals surface area contributed by atoms with E-state index < -0.39 is 0 Å². The molecule has 1 heterocycles. The Morgan fingerprint density at radius 2 is 2.17 bits per heavy atom. The molecule has 1 aromatic carbocycles. The number of hydrogen-bond acceptors (Lipinski definition) is 3. The van der Waals surface area contributed by atoms with E-state index >= 15 is 0 Å². The molecule has 1 aliphatic rings. The van der Waals surface area contributed by atoms with Crippen LogP contribution in [0.25, 0.3) is 0 Å². The number of aryl methyl sites for hydroxylation is 1. The largest absolute Gasteiger partial charge is 0.373 e. The van der Waals surface area contributed by atoms with Crippen molar-refractivity contribution < 1.29 is 0 Å². The minimum Gasteiger partial charge on any atom is -0.373 e. The third-order valence-electron chi connectivity index (χ3n) is 3.91. The molecule has 1 aliphatic heterocycles. The Bertz CT molecular complexity index is 378. The summed E-state index contributed by atoms with van der Waals surface area (Å²) in [5.74, 6) is 0. The minimum atomic E-state index is 0.605. The topological polar surface area (TPSA) is 18.5 Å². The van der Waals surface area contributed by atoms with Crippen LogP contribution in [0.1, 0.15) is 12.5 Å². The molecule has 3 nitrogen and oxygen atoms in total. The maximum Gasteiger partial charge on any atom is 0.0396 e. The second-order valence-electron chi connectivity index (χ2n) is 5.20. The number of likely N-dealkylation sites (N-methyl/N-ethyl adjacent to an activating group) is 2. The number of piperazine rings is 1. The van der Waals surface area contributed by atoms with Gasteiger partial charge in [0.05, 0.1) is 0 Å². The molecule has 0 spiro atoms. The Kier molecular flexibility index (Phi) is 4.61. The maximum absolute atomic E-state index is 3.48. The van der Waals surface area contributed by atoms with Crippen LogP contribution in [0.4, 0.5) is 5.69 Å². The Morgan fingerprint density at radius 1 is 1.39 bits per heavy atom. The van der Waals surface area contributed by atoms with Crippen LogP contribution in [-0.2, 0) is 6.42 Å². The Balaban J connectivity index is 2.04. The molecular weight excluding hydrogens is 222 g/mol. The average Bonchev–Trinajstić information content (AvgIpc) is 2.41. The molecule has 0 bridgehead atoms. The molecule has 0 amide bonds. The zero-order valence-corrected chi connectivity index (χ0v) is 11.8. The average molecular weight is 247 g/mol. The van der Waals surface area contributed by atoms with Gasteiger partial charge >= 0.3 is 0 Å². The van der Waals surface area contributed by atoms with E-state index in [-0.39, 0.29) is 0 Å². The first-order chi connectivity index (χ1) is 8.72. The first-order valence-corrected chi connectivity index (χ1v) is 6.92. The highest BCUT2D eigenvalue weighted by molar-refractivity contribution is 5.53. The lowest BCUT2D eigenvalue weighted by molar-refractivity contribution is 0.204. The van der Waals surface area contributed by atoms with Gasteiger partial charge in [0, 0.05) is 45.0 Å². The summed E-state index contributed by atoms with van der Waals surface area (Å²) in [5, 5.41) is 3.48.